The number of benzene rings is 2. The van der Waals surface area contributed by atoms with Gasteiger partial charge in [0, 0.05) is 0 Å². The fourth-order valence-electron chi connectivity index (χ4n) is 4.79. The number of anilines is 1. The first-order valence-corrected chi connectivity index (χ1v) is 12.7. The van der Waals surface area contributed by atoms with Crippen molar-refractivity contribution in [1.82, 2.24) is 0 Å². The van der Waals surface area contributed by atoms with Gasteiger partial charge in [0.2, 0.25) is 0 Å². The molecule has 0 radical (unpaired) electrons. The van der Waals surface area contributed by atoms with Crippen LogP contribution in [0.1, 0.15) is 48.5 Å². The van der Waals surface area contributed by atoms with Gasteiger partial charge >= 0.3 is 158 Å². The summed E-state index contributed by atoms with van der Waals surface area (Å²) in [6, 6.07) is 17.1. The molecule has 1 saturated heterocycles. The molecule has 0 aromatic heterocycles. The number of rotatable bonds is 5. The van der Waals surface area contributed by atoms with Crippen LogP contribution in [0.2, 0.25) is 0 Å². The summed E-state index contributed by atoms with van der Waals surface area (Å²) in [5, 5.41) is 3.25. The zero-order valence-corrected chi connectivity index (χ0v) is 17.3. The molecule has 1 aliphatic rings. The Balaban J connectivity index is 1.83. The normalized spacial score (nSPS) is 20.3. The summed E-state index contributed by atoms with van der Waals surface area (Å²) in [6.07, 6.45) is 7.06. The van der Waals surface area contributed by atoms with E-state index >= 15 is 0 Å². The van der Waals surface area contributed by atoms with Crippen LogP contribution in [0.15, 0.2) is 48.5 Å². The van der Waals surface area contributed by atoms with E-state index < -0.39 is 7.26 Å². The molecule has 2 aromatic rings. The molecule has 1 fully saturated rings. The van der Waals surface area contributed by atoms with Crippen molar-refractivity contribution in [2.24, 2.45) is 0 Å². The Morgan fingerprint density at radius 1 is 1.04 bits per heavy atom. The molecule has 3 heteroatoms. The molecule has 0 saturated carbocycles. The van der Waals surface area contributed by atoms with Crippen LogP contribution in [-0.4, -0.2) is 24.4 Å². The second-order valence-electron chi connectivity index (χ2n) is 7.92. The SMILES string of the molecule is CC[PH]1(CC(=O)Nc2c(C)cccc2C)CCCCC1c1ccccc1. The van der Waals surface area contributed by atoms with E-state index in [1.807, 2.05) is 0 Å². The predicted octanol–water partition coefficient (Wildman–Crippen LogP) is 5.94. The maximum absolute atomic E-state index is 13.0. The average molecular weight is 369 g/mol. The van der Waals surface area contributed by atoms with E-state index in [0.717, 1.165) is 23.0 Å². The number of carbonyl (C=O) groups is 1. The van der Waals surface area contributed by atoms with Crippen molar-refractivity contribution in [3.05, 3.63) is 65.2 Å². The van der Waals surface area contributed by atoms with E-state index in [1.54, 1.807) is 0 Å². The number of hydrogen-bond donors (Lipinski definition) is 1. The molecule has 1 unspecified atom stereocenters. The van der Waals surface area contributed by atoms with Gasteiger partial charge in [-0.25, -0.2) is 0 Å². The number of aryl methyl sites for hydroxylation is 2. The predicted molar refractivity (Wildman–Crippen MR) is 116 cm³/mol. The summed E-state index contributed by atoms with van der Waals surface area (Å²) in [5.41, 5.74) is 5.37. The first-order valence-electron chi connectivity index (χ1n) is 9.97. The van der Waals surface area contributed by atoms with Crippen LogP contribution < -0.4 is 5.32 Å². The fraction of sp³-hybridized carbons (Fsp3) is 0.435. The summed E-state index contributed by atoms with van der Waals surface area (Å²) in [6.45, 7) is 6.46. The monoisotopic (exact) mass is 369 g/mol. The van der Waals surface area contributed by atoms with Crippen molar-refractivity contribution in [2.75, 3.05) is 23.8 Å². The van der Waals surface area contributed by atoms with Crippen LogP contribution in [0.4, 0.5) is 5.69 Å². The fourth-order valence-corrected chi connectivity index (χ4v) is 10.1. The van der Waals surface area contributed by atoms with Crippen molar-refractivity contribution in [1.29, 1.82) is 0 Å². The van der Waals surface area contributed by atoms with Crippen molar-refractivity contribution < 1.29 is 4.79 Å². The Morgan fingerprint density at radius 2 is 1.73 bits per heavy atom. The van der Waals surface area contributed by atoms with E-state index in [4.69, 9.17) is 0 Å². The maximum atomic E-state index is 13.0. The standard InChI is InChI=1S/C23H32NOP/c1-4-26(16-9-8-15-21(26)20-13-6-5-7-14-20)17-22(25)24-23-18(2)11-10-12-19(23)3/h5-7,10-14,21,26H,4,8-9,15-17H2,1-3H3,(H,24,25). The van der Waals surface area contributed by atoms with Gasteiger partial charge in [0.1, 0.15) is 0 Å². The summed E-state index contributed by atoms with van der Waals surface area (Å²) < 4.78 is 0. The average Bonchev–Trinajstić information content (AvgIpc) is 2.66. The molecule has 3 rings (SSSR count). The third kappa shape index (κ3) is 4.01. The topological polar surface area (TPSA) is 29.1 Å². The van der Waals surface area contributed by atoms with E-state index in [-0.39, 0.29) is 5.91 Å². The number of carbonyl (C=O) groups excluding carboxylic acids is 1. The molecule has 26 heavy (non-hydrogen) atoms. The third-order valence-corrected chi connectivity index (χ3v) is 12.2. The minimum atomic E-state index is -1.69. The first-order chi connectivity index (χ1) is 12.6. The Bertz CT molecular complexity index is 738. The third-order valence-electron chi connectivity index (χ3n) is 6.32. The van der Waals surface area contributed by atoms with Gasteiger partial charge in [-0.1, -0.05) is 0 Å². The summed E-state index contributed by atoms with van der Waals surface area (Å²) in [7, 11) is -1.69. The molecule has 1 N–H and O–H groups in total. The molecule has 2 nitrogen and oxygen atoms in total. The second kappa shape index (κ2) is 8.35. The molecular weight excluding hydrogens is 337 g/mol. The molecule has 1 aliphatic heterocycles. The number of para-hydroxylation sites is 1. The van der Waals surface area contributed by atoms with Crippen LogP contribution in [0.3, 0.4) is 0 Å². The van der Waals surface area contributed by atoms with Crippen molar-refractivity contribution in [3.8, 4) is 0 Å². The van der Waals surface area contributed by atoms with E-state index in [2.05, 4.69) is 74.6 Å². The quantitative estimate of drug-likeness (QED) is 0.650. The molecule has 1 amide bonds. The summed E-state index contributed by atoms with van der Waals surface area (Å²) >= 11 is 0. The molecule has 1 atom stereocenters. The molecule has 1 heterocycles. The molecule has 0 bridgehead atoms. The van der Waals surface area contributed by atoms with Gasteiger partial charge < -0.3 is 0 Å². The van der Waals surface area contributed by atoms with Gasteiger partial charge in [-0.05, 0) is 0 Å². The Labute approximate surface area is 158 Å². The number of nitrogens with one attached hydrogen (secondary N) is 1. The van der Waals surface area contributed by atoms with Crippen LogP contribution in [0.5, 0.6) is 0 Å². The Kier molecular flexibility index (Phi) is 6.14. The van der Waals surface area contributed by atoms with Gasteiger partial charge in [0.05, 0.1) is 0 Å². The van der Waals surface area contributed by atoms with Crippen molar-refractivity contribution >= 4 is 18.9 Å². The van der Waals surface area contributed by atoms with Gasteiger partial charge in [-0.15, -0.1) is 0 Å². The van der Waals surface area contributed by atoms with Crippen LogP contribution in [0, 0.1) is 13.8 Å². The van der Waals surface area contributed by atoms with Crippen LogP contribution in [-0.2, 0) is 4.79 Å². The molecule has 0 spiro atoms. The summed E-state index contributed by atoms with van der Waals surface area (Å²) in [5.74, 6) is 0.221. The van der Waals surface area contributed by atoms with E-state index in [9.17, 15) is 4.79 Å². The van der Waals surface area contributed by atoms with Gasteiger partial charge in [0.25, 0.3) is 0 Å². The first kappa shape index (κ1) is 19.1. The Hall–Kier alpha value is -1.66. The van der Waals surface area contributed by atoms with Gasteiger partial charge in [-0.3, -0.25) is 0 Å². The van der Waals surface area contributed by atoms with Gasteiger partial charge in [0.15, 0.2) is 0 Å². The Morgan fingerprint density at radius 3 is 2.38 bits per heavy atom. The van der Waals surface area contributed by atoms with Gasteiger partial charge in [-0.2, -0.15) is 0 Å². The second-order valence-corrected chi connectivity index (χ2v) is 12.9. The number of hydrogen-bond acceptors (Lipinski definition) is 1. The molecule has 0 aliphatic carbocycles. The van der Waals surface area contributed by atoms with Crippen molar-refractivity contribution in [3.63, 3.8) is 0 Å². The van der Waals surface area contributed by atoms with E-state index in [0.29, 0.717) is 5.66 Å². The molecular formula is C23H32NOP. The molecule has 2 aromatic carbocycles. The van der Waals surface area contributed by atoms with Crippen LogP contribution in [0.25, 0.3) is 0 Å². The number of amides is 1. The minimum absolute atomic E-state index is 0.221. The summed E-state index contributed by atoms with van der Waals surface area (Å²) in [4.78, 5) is 13.0. The van der Waals surface area contributed by atoms with Crippen molar-refractivity contribution in [2.45, 2.75) is 45.7 Å². The zero-order valence-electron chi connectivity index (χ0n) is 16.3. The molecule has 140 valence electrons. The van der Waals surface area contributed by atoms with Crippen LogP contribution >= 0.6 is 7.26 Å². The zero-order chi connectivity index (χ0) is 18.6. The van der Waals surface area contributed by atoms with E-state index in [1.165, 1.54) is 37.1 Å².